The fraction of sp³-hybridized carbons (Fsp3) is 0.318. The van der Waals surface area contributed by atoms with Crippen LogP contribution in [0, 0.1) is 0 Å². The highest BCUT2D eigenvalue weighted by Gasteiger charge is 2.23. The Balaban J connectivity index is 1.45. The standard InChI is InChI=1S/C22H25N5O2/c1-15(28)23-19-10-11-27(14-19)13-16-4-3-5-18(12-16)22-24-21(25-26-22)17-6-8-20(29-2)9-7-17/h3-9,12,19H,10-11,13-14H2,1-2H3,(H,23,28)(H,24,25,26). The first-order valence-electron chi connectivity index (χ1n) is 9.76. The number of H-pyrrole nitrogens is 1. The van der Waals surface area contributed by atoms with E-state index in [0.717, 1.165) is 48.8 Å². The normalized spacial score (nSPS) is 16.7. The van der Waals surface area contributed by atoms with Crippen LogP contribution < -0.4 is 10.1 Å². The topological polar surface area (TPSA) is 83.1 Å². The van der Waals surface area contributed by atoms with Crippen molar-refractivity contribution in [3.63, 3.8) is 0 Å². The molecule has 1 aliphatic rings. The molecule has 7 heteroatoms. The van der Waals surface area contributed by atoms with Crippen molar-refractivity contribution < 1.29 is 9.53 Å². The molecule has 1 saturated heterocycles. The molecule has 1 fully saturated rings. The summed E-state index contributed by atoms with van der Waals surface area (Å²) in [4.78, 5) is 18.3. The number of aromatic amines is 1. The third-order valence-electron chi connectivity index (χ3n) is 5.12. The van der Waals surface area contributed by atoms with Gasteiger partial charge >= 0.3 is 0 Å². The van der Waals surface area contributed by atoms with Crippen LogP contribution in [0.3, 0.4) is 0 Å². The summed E-state index contributed by atoms with van der Waals surface area (Å²) in [6.45, 7) is 4.28. The number of ether oxygens (including phenoxy) is 1. The second-order valence-corrected chi connectivity index (χ2v) is 7.36. The molecule has 1 aromatic heterocycles. The van der Waals surface area contributed by atoms with Gasteiger partial charge in [-0.1, -0.05) is 18.2 Å². The Morgan fingerprint density at radius 3 is 2.83 bits per heavy atom. The van der Waals surface area contributed by atoms with E-state index in [1.165, 1.54) is 5.56 Å². The second kappa shape index (κ2) is 8.45. The van der Waals surface area contributed by atoms with Gasteiger partial charge in [0.2, 0.25) is 5.91 Å². The number of methoxy groups -OCH3 is 1. The molecule has 1 unspecified atom stereocenters. The Bertz CT molecular complexity index is 983. The number of benzene rings is 2. The first-order valence-corrected chi connectivity index (χ1v) is 9.76. The average Bonchev–Trinajstić information content (AvgIpc) is 3.38. The first-order chi connectivity index (χ1) is 14.1. The molecule has 0 aliphatic carbocycles. The van der Waals surface area contributed by atoms with E-state index in [-0.39, 0.29) is 11.9 Å². The molecular formula is C22H25N5O2. The van der Waals surface area contributed by atoms with Gasteiger partial charge in [-0.25, -0.2) is 4.98 Å². The molecule has 4 rings (SSSR count). The lowest BCUT2D eigenvalue weighted by Crippen LogP contribution is -2.35. The third kappa shape index (κ3) is 4.63. The molecule has 29 heavy (non-hydrogen) atoms. The molecule has 3 aromatic rings. The quantitative estimate of drug-likeness (QED) is 0.675. The van der Waals surface area contributed by atoms with Crippen molar-refractivity contribution in [1.29, 1.82) is 0 Å². The lowest BCUT2D eigenvalue weighted by Gasteiger charge is -2.16. The zero-order chi connectivity index (χ0) is 20.2. The summed E-state index contributed by atoms with van der Waals surface area (Å²) >= 11 is 0. The number of carbonyl (C=O) groups excluding carboxylic acids is 1. The number of hydrogen-bond acceptors (Lipinski definition) is 5. The molecule has 0 radical (unpaired) electrons. The minimum atomic E-state index is 0.0381. The number of nitrogens with one attached hydrogen (secondary N) is 2. The summed E-state index contributed by atoms with van der Waals surface area (Å²) in [5.41, 5.74) is 3.15. The Kier molecular flexibility index (Phi) is 5.57. The summed E-state index contributed by atoms with van der Waals surface area (Å²) in [5, 5.41) is 10.4. The fourth-order valence-corrected chi connectivity index (χ4v) is 3.72. The fourth-order valence-electron chi connectivity index (χ4n) is 3.72. The van der Waals surface area contributed by atoms with Crippen molar-refractivity contribution in [1.82, 2.24) is 25.4 Å². The van der Waals surface area contributed by atoms with Crippen LogP contribution in [0.4, 0.5) is 0 Å². The molecule has 1 atom stereocenters. The number of likely N-dealkylation sites (tertiary alicyclic amines) is 1. The molecule has 0 spiro atoms. The van der Waals surface area contributed by atoms with Crippen LogP contribution in [0.15, 0.2) is 48.5 Å². The van der Waals surface area contributed by atoms with Crippen LogP contribution in [0.2, 0.25) is 0 Å². The van der Waals surface area contributed by atoms with Gasteiger partial charge in [-0.15, -0.1) is 0 Å². The lowest BCUT2D eigenvalue weighted by molar-refractivity contribution is -0.119. The summed E-state index contributed by atoms with van der Waals surface area (Å²) < 4.78 is 5.20. The zero-order valence-electron chi connectivity index (χ0n) is 16.7. The summed E-state index contributed by atoms with van der Waals surface area (Å²) in [6, 6.07) is 16.3. The van der Waals surface area contributed by atoms with E-state index in [4.69, 9.17) is 4.74 Å². The van der Waals surface area contributed by atoms with Gasteiger partial charge in [-0.3, -0.25) is 14.8 Å². The van der Waals surface area contributed by atoms with Crippen molar-refractivity contribution in [3.8, 4) is 28.5 Å². The zero-order valence-corrected chi connectivity index (χ0v) is 16.7. The Hall–Kier alpha value is -3.19. The first kappa shape index (κ1) is 19.1. The monoisotopic (exact) mass is 391 g/mol. The van der Waals surface area contributed by atoms with E-state index in [1.807, 2.05) is 36.4 Å². The summed E-state index contributed by atoms with van der Waals surface area (Å²) in [7, 11) is 1.65. The van der Waals surface area contributed by atoms with Gasteiger partial charge in [0.1, 0.15) is 5.75 Å². The Morgan fingerprint density at radius 2 is 2.07 bits per heavy atom. The molecular weight excluding hydrogens is 366 g/mol. The number of aromatic nitrogens is 3. The van der Waals surface area contributed by atoms with Gasteiger partial charge in [0.25, 0.3) is 0 Å². The molecule has 1 amide bonds. The van der Waals surface area contributed by atoms with E-state index in [0.29, 0.717) is 5.82 Å². The van der Waals surface area contributed by atoms with Gasteiger partial charge < -0.3 is 10.1 Å². The largest absolute Gasteiger partial charge is 0.497 e. The predicted octanol–water partition coefficient (Wildman–Crippen LogP) is 2.86. The van der Waals surface area contributed by atoms with Gasteiger partial charge in [-0.05, 0) is 42.3 Å². The van der Waals surface area contributed by atoms with Crippen molar-refractivity contribution in [2.45, 2.75) is 25.9 Å². The lowest BCUT2D eigenvalue weighted by atomic mass is 10.1. The summed E-state index contributed by atoms with van der Waals surface area (Å²) in [5.74, 6) is 2.25. The molecule has 0 bridgehead atoms. The molecule has 2 aromatic carbocycles. The van der Waals surface area contributed by atoms with Crippen LogP contribution in [0.5, 0.6) is 5.75 Å². The Labute approximate surface area is 170 Å². The van der Waals surface area contributed by atoms with E-state index >= 15 is 0 Å². The molecule has 2 heterocycles. The van der Waals surface area contributed by atoms with Crippen molar-refractivity contribution in [2.24, 2.45) is 0 Å². The molecule has 2 N–H and O–H groups in total. The van der Waals surface area contributed by atoms with Gasteiger partial charge in [0, 0.05) is 43.7 Å². The van der Waals surface area contributed by atoms with Crippen LogP contribution in [0.1, 0.15) is 18.9 Å². The van der Waals surface area contributed by atoms with Gasteiger partial charge in [-0.2, -0.15) is 5.10 Å². The number of rotatable bonds is 6. The number of amides is 1. The maximum Gasteiger partial charge on any atom is 0.217 e. The predicted molar refractivity (Wildman–Crippen MR) is 111 cm³/mol. The summed E-state index contributed by atoms with van der Waals surface area (Å²) in [6.07, 6.45) is 0.991. The third-order valence-corrected chi connectivity index (χ3v) is 5.12. The average molecular weight is 391 g/mol. The highest BCUT2D eigenvalue weighted by molar-refractivity contribution is 5.73. The van der Waals surface area contributed by atoms with Crippen molar-refractivity contribution >= 4 is 5.91 Å². The van der Waals surface area contributed by atoms with Crippen molar-refractivity contribution in [3.05, 3.63) is 54.1 Å². The minimum absolute atomic E-state index is 0.0381. The van der Waals surface area contributed by atoms with Crippen LogP contribution in [-0.4, -0.2) is 52.2 Å². The van der Waals surface area contributed by atoms with Crippen LogP contribution in [0.25, 0.3) is 22.8 Å². The second-order valence-electron chi connectivity index (χ2n) is 7.36. The number of carbonyl (C=O) groups is 1. The highest BCUT2D eigenvalue weighted by atomic mass is 16.5. The smallest absolute Gasteiger partial charge is 0.217 e. The maximum atomic E-state index is 11.3. The van der Waals surface area contributed by atoms with E-state index in [9.17, 15) is 4.79 Å². The van der Waals surface area contributed by atoms with Crippen molar-refractivity contribution in [2.75, 3.05) is 20.2 Å². The molecule has 7 nitrogen and oxygen atoms in total. The number of nitrogens with zero attached hydrogens (tertiary/aromatic N) is 3. The van der Waals surface area contributed by atoms with E-state index < -0.39 is 0 Å². The SMILES string of the molecule is COc1ccc(-c2nc(-c3cccc(CN4CCC(NC(C)=O)C4)c3)n[nH]2)cc1. The minimum Gasteiger partial charge on any atom is -0.497 e. The van der Waals surface area contributed by atoms with Gasteiger partial charge in [0.15, 0.2) is 11.6 Å². The van der Waals surface area contributed by atoms with E-state index in [1.54, 1.807) is 14.0 Å². The maximum absolute atomic E-state index is 11.3. The number of hydrogen-bond donors (Lipinski definition) is 2. The molecule has 150 valence electrons. The van der Waals surface area contributed by atoms with Crippen LogP contribution >= 0.6 is 0 Å². The molecule has 1 aliphatic heterocycles. The highest BCUT2D eigenvalue weighted by Crippen LogP contribution is 2.23. The Morgan fingerprint density at radius 1 is 1.24 bits per heavy atom. The van der Waals surface area contributed by atoms with E-state index in [2.05, 4.69) is 37.5 Å². The molecule has 0 saturated carbocycles. The van der Waals surface area contributed by atoms with Gasteiger partial charge in [0.05, 0.1) is 7.11 Å². The van der Waals surface area contributed by atoms with Crippen LogP contribution in [-0.2, 0) is 11.3 Å².